The second kappa shape index (κ2) is 13.1. The molecule has 0 spiro atoms. The van der Waals surface area contributed by atoms with Crippen LogP contribution in [0, 0.1) is 5.92 Å². The number of likely N-dealkylation sites (tertiary alicyclic amines) is 1. The molecule has 212 valence electrons. The summed E-state index contributed by atoms with van der Waals surface area (Å²) >= 11 is 1.44. The smallest absolute Gasteiger partial charge is 0.323 e. The van der Waals surface area contributed by atoms with Gasteiger partial charge in [-0.05, 0) is 61.8 Å². The van der Waals surface area contributed by atoms with Gasteiger partial charge in [-0.1, -0.05) is 25.3 Å². The first-order valence-corrected chi connectivity index (χ1v) is 15.2. The third-order valence-corrected chi connectivity index (χ3v) is 9.19. The number of hydrogen-bond acceptors (Lipinski definition) is 7. The molecule has 0 bridgehead atoms. The van der Waals surface area contributed by atoms with Gasteiger partial charge in [-0.25, -0.2) is 9.78 Å². The van der Waals surface area contributed by atoms with Gasteiger partial charge in [0.1, 0.15) is 5.75 Å². The van der Waals surface area contributed by atoms with Crippen molar-refractivity contribution in [2.24, 2.45) is 5.92 Å². The van der Waals surface area contributed by atoms with Crippen LogP contribution in [0.3, 0.4) is 0 Å². The number of hydrogen-bond donors (Lipinski definition) is 2. The largest absolute Gasteiger partial charge is 0.496 e. The van der Waals surface area contributed by atoms with E-state index in [4.69, 9.17) is 14.8 Å². The lowest BCUT2D eigenvalue weighted by Crippen LogP contribution is -2.52. The zero-order valence-corrected chi connectivity index (χ0v) is 23.8. The fourth-order valence-corrected chi connectivity index (χ4v) is 7.08. The number of ether oxygens (including phenoxy) is 1. The molecule has 1 aliphatic carbocycles. The highest BCUT2D eigenvalue weighted by Crippen LogP contribution is 2.38. The lowest BCUT2D eigenvalue weighted by atomic mass is 9.83. The van der Waals surface area contributed by atoms with Crippen LogP contribution in [0.25, 0.3) is 11.3 Å². The summed E-state index contributed by atoms with van der Waals surface area (Å²) in [5.74, 6) is 1.13. The number of aliphatic carboxylic acids is 1. The molecule has 2 aliphatic heterocycles. The molecule has 1 unspecified atom stereocenters. The standard InChI is InChI=1S/C29H41N5O4S/c1-38-26-10-9-23(22-7-3-2-4-8-22)16-24(26)25-20-39-28(30-25)31-29(37)34-14-12-32(13-15-34)17-21-6-5-11-33(18-21)19-27(35)36/h9-10,16,20-22H,2-8,11-15,17-19H2,1H3,(H,35,36)(H,30,31,37). The van der Waals surface area contributed by atoms with E-state index in [1.807, 2.05) is 21.2 Å². The van der Waals surface area contributed by atoms with E-state index in [0.29, 0.717) is 30.1 Å². The SMILES string of the molecule is COc1ccc(C2CCCCC2)cc1-c1csc(NC(=O)N2CCN(CC3CCCN(CC(=O)O)C3)CC2)n1. The summed E-state index contributed by atoms with van der Waals surface area (Å²) in [4.78, 5) is 35.1. The Hall–Kier alpha value is -2.69. The van der Waals surface area contributed by atoms with E-state index in [9.17, 15) is 9.59 Å². The Bertz CT molecular complexity index is 1130. The number of nitrogens with zero attached hydrogens (tertiary/aromatic N) is 4. The zero-order chi connectivity index (χ0) is 27.2. The summed E-state index contributed by atoms with van der Waals surface area (Å²) in [6.07, 6.45) is 8.57. The minimum Gasteiger partial charge on any atom is -0.496 e. The van der Waals surface area contributed by atoms with Gasteiger partial charge in [0.15, 0.2) is 5.13 Å². The average Bonchev–Trinajstić information content (AvgIpc) is 3.41. The van der Waals surface area contributed by atoms with Crippen LogP contribution >= 0.6 is 11.3 Å². The first-order chi connectivity index (χ1) is 19.0. The number of benzene rings is 1. The van der Waals surface area contributed by atoms with Crippen LogP contribution in [0.5, 0.6) is 5.75 Å². The van der Waals surface area contributed by atoms with Crippen LogP contribution in [0.15, 0.2) is 23.6 Å². The molecule has 2 aromatic rings. The number of methoxy groups -OCH3 is 1. The van der Waals surface area contributed by atoms with E-state index >= 15 is 0 Å². The van der Waals surface area contributed by atoms with Crippen molar-refractivity contribution in [3.8, 4) is 17.0 Å². The Kier molecular flexibility index (Phi) is 9.36. The first kappa shape index (κ1) is 27.9. The first-order valence-electron chi connectivity index (χ1n) is 14.3. The average molecular weight is 556 g/mol. The van der Waals surface area contributed by atoms with Crippen molar-refractivity contribution in [1.82, 2.24) is 19.7 Å². The Labute approximate surface area is 235 Å². The number of piperazine rings is 1. The Morgan fingerprint density at radius 1 is 1.05 bits per heavy atom. The lowest BCUT2D eigenvalue weighted by molar-refractivity contribution is -0.138. The maximum absolute atomic E-state index is 13.0. The molecule has 2 amide bonds. The molecule has 3 fully saturated rings. The molecule has 39 heavy (non-hydrogen) atoms. The van der Waals surface area contributed by atoms with Crippen molar-refractivity contribution >= 4 is 28.5 Å². The monoisotopic (exact) mass is 555 g/mol. The summed E-state index contributed by atoms with van der Waals surface area (Å²) in [6, 6.07) is 6.35. The molecule has 1 aromatic heterocycles. The molecule has 5 rings (SSSR count). The second-order valence-electron chi connectivity index (χ2n) is 11.2. The van der Waals surface area contributed by atoms with Gasteiger partial charge in [0.2, 0.25) is 0 Å². The van der Waals surface area contributed by atoms with E-state index in [1.54, 1.807) is 7.11 Å². The van der Waals surface area contributed by atoms with Gasteiger partial charge in [-0.3, -0.25) is 19.9 Å². The fraction of sp³-hybridized carbons (Fsp3) is 0.621. The van der Waals surface area contributed by atoms with Crippen molar-refractivity contribution in [2.45, 2.75) is 50.9 Å². The number of carboxylic acid groups (broad SMARTS) is 1. The van der Waals surface area contributed by atoms with Gasteiger partial charge >= 0.3 is 12.0 Å². The Morgan fingerprint density at radius 2 is 1.85 bits per heavy atom. The van der Waals surface area contributed by atoms with Crippen molar-refractivity contribution in [3.63, 3.8) is 0 Å². The predicted molar refractivity (Wildman–Crippen MR) is 154 cm³/mol. The molecule has 1 atom stereocenters. The van der Waals surface area contributed by atoms with E-state index in [0.717, 1.165) is 62.6 Å². The number of anilines is 1. The van der Waals surface area contributed by atoms with Gasteiger partial charge in [0.05, 0.1) is 19.3 Å². The van der Waals surface area contributed by atoms with Crippen LogP contribution in [0.2, 0.25) is 0 Å². The van der Waals surface area contributed by atoms with Gasteiger partial charge in [0.25, 0.3) is 0 Å². The maximum atomic E-state index is 13.0. The number of rotatable bonds is 8. The topological polar surface area (TPSA) is 98.2 Å². The van der Waals surface area contributed by atoms with E-state index < -0.39 is 5.97 Å². The summed E-state index contributed by atoms with van der Waals surface area (Å²) < 4.78 is 5.65. The van der Waals surface area contributed by atoms with E-state index in [2.05, 4.69) is 22.3 Å². The number of amides is 2. The van der Waals surface area contributed by atoms with Gasteiger partial charge in [-0.15, -0.1) is 11.3 Å². The van der Waals surface area contributed by atoms with E-state index in [-0.39, 0.29) is 12.6 Å². The number of aromatic nitrogens is 1. The Morgan fingerprint density at radius 3 is 2.59 bits per heavy atom. The number of nitrogens with one attached hydrogen (secondary N) is 1. The summed E-state index contributed by atoms with van der Waals surface area (Å²) in [5, 5.41) is 14.7. The minimum absolute atomic E-state index is 0.108. The highest BCUT2D eigenvalue weighted by molar-refractivity contribution is 7.14. The fourth-order valence-electron chi connectivity index (χ4n) is 6.37. The van der Waals surface area contributed by atoms with Crippen LogP contribution in [-0.2, 0) is 4.79 Å². The van der Waals surface area contributed by atoms with Crippen molar-refractivity contribution in [2.75, 3.05) is 64.8 Å². The van der Waals surface area contributed by atoms with Crippen LogP contribution < -0.4 is 10.1 Å². The number of carbonyl (C=O) groups is 2. The minimum atomic E-state index is -0.755. The molecule has 2 saturated heterocycles. The number of urea groups is 1. The molecular weight excluding hydrogens is 514 g/mol. The normalized spacial score (nSPS) is 21.6. The predicted octanol–water partition coefficient (Wildman–Crippen LogP) is 4.81. The van der Waals surface area contributed by atoms with Crippen LogP contribution in [0.4, 0.5) is 9.93 Å². The molecule has 1 aromatic carbocycles. The quantitative estimate of drug-likeness (QED) is 0.482. The van der Waals surface area contributed by atoms with Gasteiger partial charge in [-0.2, -0.15) is 0 Å². The zero-order valence-electron chi connectivity index (χ0n) is 22.9. The molecule has 2 N–H and O–H groups in total. The van der Waals surface area contributed by atoms with Gasteiger partial charge < -0.3 is 14.7 Å². The molecular formula is C29H41N5O4S. The molecule has 3 aliphatic rings. The number of carboxylic acids is 1. The van der Waals surface area contributed by atoms with Crippen molar-refractivity contribution in [1.29, 1.82) is 0 Å². The van der Waals surface area contributed by atoms with Crippen molar-refractivity contribution < 1.29 is 19.4 Å². The summed E-state index contributed by atoms with van der Waals surface area (Å²) in [5.41, 5.74) is 3.17. The number of carbonyl (C=O) groups excluding carboxylic acids is 1. The summed E-state index contributed by atoms with van der Waals surface area (Å²) in [7, 11) is 1.69. The Balaban J connectivity index is 1.13. The molecule has 3 heterocycles. The second-order valence-corrected chi connectivity index (χ2v) is 12.0. The molecule has 9 nitrogen and oxygen atoms in total. The highest BCUT2D eigenvalue weighted by Gasteiger charge is 2.27. The molecule has 10 heteroatoms. The number of piperidine rings is 1. The maximum Gasteiger partial charge on any atom is 0.323 e. The highest BCUT2D eigenvalue weighted by atomic mass is 32.1. The van der Waals surface area contributed by atoms with Crippen LogP contribution in [-0.4, -0.2) is 96.3 Å². The summed E-state index contributed by atoms with van der Waals surface area (Å²) in [6.45, 7) is 5.81. The van der Waals surface area contributed by atoms with Crippen molar-refractivity contribution in [3.05, 3.63) is 29.1 Å². The van der Waals surface area contributed by atoms with E-state index in [1.165, 1.54) is 49.0 Å². The molecule has 0 radical (unpaired) electrons. The third kappa shape index (κ3) is 7.29. The van der Waals surface area contributed by atoms with Gasteiger partial charge in [0, 0.05) is 50.2 Å². The number of thiazole rings is 1. The van der Waals surface area contributed by atoms with Crippen LogP contribution in [0.1, 0.15) is 56.4 Å². The molecule has 1 saturated carbocycles. The lowest BCUT2D eigenvalue weighted by Gasteiger charge is -2.38. The third-order valence-electron chi connectivity index (χ3n) is 8.43.